The van der Waals surface area contributed by atoms with E-state index in [1.165, 1.54) is 0 Å². The lowest BCUT2D eigenvalue weighted by atomic mass is 10.2. The maximum Gasteiger partial charge on any atom is 0.264 e. The van der Waals surface area contributed by atoms with Gasteiger partial charge in [-0.05, 0) is 55.8 Å². The Morgan fingerprint density at radius 3 is 1.97 bits per heavy atom. The van der Waals surface area contributed by atoms with Crippen LogP contribution >= 0.6 is 11.6 Å². The Morgan fingerprint density at radius 2 is 1.40 bits per heavy atom. The van der Waals surface area contributed by atoms with Crippen molar-refractivity contribution >= 4 is 33.2 Å². The molecule has 0 heterocycles. The van der Waals surface area contributed by atoms with E-state index < -0.39 is 15.9 Å². The van der Waals surface area contributed by atoms with Gasteiger partial charge in [-0.2, -0.15) is 0 Å². The highest BCUT2D eigenvalue weighted by Gasteiger charge is 2.27. The first-order valence-electron chi connectivity index (χ1n) is 9.43. The lowest BCUT2D eigenvalue weighted by Crippen LogP contribution is -2.40. The maximum absolute atomic E-state index is 13.3. The van der Waals surface area contributed by atoms with E-state index in [4.69, 9.17) is 11.6 Å². The lowest BCUT2D eigenvalue weighted by molar-refractivity contribution is -0.119. The van der Waals surface area contributed by atoms with Gasteiger partial charge in [0.1, 0.15) is 6.54 Å². The number of hydrogen-bond acceptors (Lipinski definition) is 3. The minimum absolute atomic E-state index is 0.138. The smallest absolute Gasteiger partial charge is 0.264 e. The molecule has 5 nitrogen and oxygen atoms in total. The van der Waals surface area contributed by atoms with E-state index in [-0.39, 0.29) is 18.0 Å². The summed E-state index contributed by atoms with van der Waals surface area (Å²) in [4.78, 5) is 12.8. The number of anilines is 1. The molecule has 0 radical (unpaired) electrons. The van der Waals surface area contributed by atoms with E-state index in [1.807, 2.05) is 38.1 Å². The van der Waals surface area contributed by atoms with E-state index in [0.717, 1.165) is 21.0 Å². The molecule has 0 bridgehead atoms. The zero-order chi connectivity index (χ0) is 21.7. The van der Waals surface area contributed by atoms with Crippen LogP contribution in [0, 0.1) is 13.8 Å². The number of carbonyl (C=O) groups excluding carboxylic acids is 1. The third-order valence-corrected chi connectivity index (χ3v) is 6.66. The summed E-state index contributed by atoms with van der Waals surface area (Å²) < 4.78 is 27.7. The first kappa shape index (κ1) is 21.9. The summed E-state index contributed by atoms with van der Waals surface area (Å²) in [6.45, 7) is 3.76. The second-order valence-electron chi connectivity index (χ2n) is 7.06. The Hall–Kier alpha value is -2.83. The molecule has 156 valence electrons. The van der Waals surface area contributed by atoms with Gasteiger partial charge < -0.3 is 5.32 Å². The van der Waals surface area contributed by atoms with E-state index in [9.17, 15) is 13.2 Å². The van der Waals surface area contributed by atoms with E-state index in [2.05, 4.69) is 5.32 Å². The Labute approximate surface area is 182 Å². The van der Waals surface area contributed by atoms with Crippen molar-refractivity contribution in [1.82, 2.24) is 5.32 Å². The Kier molecular flexibility index (Phi) is 6.80. The van der Waals surface area contributed by atoms with Crippen molar-refractivity contribution in [3.05, 3.63) is 94.5 Å². The molecule has 0 saturated carbocycles. The Bertz CT molecular complexity index is 1110. The molecular formula is C23H23ClN2O3S. The van der Waals surface area contributed by atoms with Crippen molar-refractivity contribution in [1.29, 1.82) is 0 Å². The predicted molar refractivity (Wildman–Crippen MR) is 120 cm³/mol. The molecule has 3 aromatic carbocycles. The van der Waals surface area contributed by atoms with E-state index in [0.29, 0.717) is 10.7 Å². The second kappa shape index (κ2) is 9.32. The van der Waals surface area contributed by atoms with E-state index >= 15 is 0 Å². The van der Waals surface area contributed by atoms with Crippen molar-refractivity contribution in [3.63, 3.8) is 0 Å². The number of hydrogen-bond donors (Lipinski definition) is 1. The third kappa shape index (κ3) is 5.40. The van der Waals surface area contributed by atoms with E-state index in [1.54, 1.807) is 48.5 Å². The number of halogens is 1. The molecule has 3 aromatic rings. The fraction of sp³-hybridized carbons (Fsp3) is 0.174. The van der Waals surface area contributed by atoms with Crippen molar-refractivity contribution in [3.8, 4) is 0 Å². The van der Waals surface area contributed by atoms with Gasteiger partial charge in [-0.1, -0.05) is 59.1 Å². The summed E-state index contributed by atoms with van der Waals surface area (Å²) >= 11 is 5.88. The van der Waals surface area contributed by atoms with Gasteiger partial charge in [-0.3, -0.25) is 9.10 Å². The Morgan fingerprint density at radius 1 is 0.867 bits per heavy atom. The van der Waals surface area contributed by atoms with Crippen LogP contribution in [-0.4, -0.2) is 20.9 Å². The van der Waals surface area contributed by atoms with Gasteiger partial charge in [0.2, 0.25) is 5.91 Å². The summed E-state index contributed by atoms with van der Waals surface area (Å²) in [6, 6.07) is 20.7. The molecule has 30 heavy (non-hydrogen) atoms. The second-order valence-corrected chi connectivity index (χ2v) is 9.36. The van der Waals surface area contributed by atoms with Gasteiger partial charge in [-0.15, -0.1) is 0 Å². The van der Waals surface area contributed by atoms with Gasteiger partial charge in [0.15, 0.2) is 0 Å². The van der Waals surface area contributed by atoms with Crippen molar-refractivity contribution in [2.24, 2.45) is 0 Å². The molecule has 1 N–H and O–H groups in total. The molecule has 0 fully saturated rings. The summed E-state index contributed by atoms with van der Waals surface area (Å²) in [5.41, 5.74) is 3.26. The monoisotopic (exact) mass is 442 g/mol. The van der Waals surface area contributed by atoms with Crippen LogP contribution in [0.15, 0.2) is 77.7 Å². The molecule has 0 atom stereocenters. The standard InChI is InChI=1S/C23H23ClN2O3S/c1-17-3-11-21(12-4-17)26(30(28,29)22-13-5-18(2)6-14-22)16-23(27)25-15-19-7-9-20(24)10-8-19/h3-14H,15-16H2,1-2H3,(H,25,27). The number of nitrogens with one attached hydrogen (secondary N) is 1. The molecule has 0 aromatic heterocycles. The number of sulfonamides is 1. The minimum Gasteiger partial charge on any atom is -0.350 e. The average molecular weight is 443 g/mol. The third-order valence-electron chi connectivity index (χ3n) is 4.62. The number of benzene rings is 3. The highest BCUT2D eigenvalue weighted by molar-refractivity contribution is 7.92. The van der Waals surface area contributed by atoms with Gasteiger partial charge in [0, 0.05) is 11.6 Å². The number of nitrogens with zero attached hydrogens (tertiary/aromatic N) is 1. The molecular weight excluding hydrogens is 420 g/mol. The van der Waals surface area contributed by atoms with Crippen LogP contribution in [0.3, 0.4) is 0 Å². The zero-order valence-electron chi connectivity index (χ0n) is 16.8. The van der Waals surface area contributed by atoms with Crippen molar-refractivity contribution in [2.45, 2.75) is 25.3 Å². The summed E-state index contributed by atoms with van der Waals surface area (Å²) in [5.74, 6) is -0.402. The zero-order valence-corrected chi connectivity index (χ0v) is 18.4. The fourth-order valence-electron chi connectivity index (χ4n) is 2.85. The molecule has 0 aliphatic carbocycles. The largest absolute Gasteiger partial charge is 0.350 e. The maximum atomic E-state index is 13.3. The minimum atomic E-state index is -3.91. The SMILES string of the molecule is Cc1ccc(N(CC(=O)NCc2ccc(Cl)cc2)S(=O)(=O)c2ccc(C)cc2)cc1. The number of amides is 1. The van der Waals surface area contributed by atoms with Crippen LogP contribution in [0.25, 0.3) is 0 Å². The molecule has 0 aliphatic heterocycles. The highest BCUT2D eigenvalue weighted by atomic mass is 35.5. The lowest BCUT2D eigenvalue weighted by Gasteiger charge is -2.24. The summed E-state index contributed by atoms with van der Waals surface area (Å²) in [6.07, 6.45) is 0. The van der Waals surface area contributed by atoms with Crippen molar-refractivity contribution in [2.75, 3.05) is 10.8 Å². The number of rotatable bonds is 7. The first-order valence-corrected chi connectivity index (χ1v) is 11.2. The van der Waals surface area contributed by atoms with Gasteiger partial charge in [0.05, 0.1) is 10.6 Å². The first-order chi connectivity index (χ1) is 14.3. The molecule has 0 spiro atoms. The van der Waals surface area contributed by atoms with Crippen LogP contribution < -0.4 is 9.62 Å². The summed E-state index contributed by atoms with van der Waals surface area (Å²) in [7, 11) is -3.91. The Balaban J connectivity index is 1.84. The topological polar surface area (TPSA) is 66.5 Å². The quantitative estimate of drug-likeness (QED) is 0.587. The van der Waals surface area contributed by atoms with Crippen LogP contribution in [0.4, 0.5) is 5.69 Å². The van der Waals surface area contributed by atoms with Crippen LogP contribution in [0.5, 0.6) is 0 Å². The fourth-order valence-corrected chi connectivity index (χ4v) is 4.40. The van der Waals surface area contributed by atoms with Gasteiger partial charge in [-0.25, -0.2) is 8.42 Å². The average Bonchev–Trinajstić information content (AvgIpc) is 2.72. The van der Waals surface area contributed by atoms with Gasteiger partial charge in [0.25, 0.3) is 10.0 Å². The number of carbonyl (C=O) groups is 1. The molecule has 0 aliphatic rings. The highest BCUT2D eigenvalue weighted by Crippen LogP contribution is 2.24. The van der Waals surface area contributed by atoms with Gasteiger partial charge >= 0.3 is 0 Å². The van der Waals surface area contributed by atoms with Crippen molar-refractivity contribution < 1.29 is 13.2 Å². The molecule has 7 heteroatoms. The molecule has 0 unspecified atom stereocenters. The molecule has 1 amide bonds. The number of aryl methyl sites for hydroxylation is 2. The predicted octanol–water partition coefficient (Wildman–Crippen LogP) is 4.47. The normalized spacial score (nSPS) is 11.2. The summed E-state index contributed by atoms with van der Waals surface area (Å²) in [5, 5.41) is 3.39. The molecule has 3 rings (SSSR count). The van der Waals surface area contributed by atoms with Crippen LogP contribution in [0.2, 0.25) is 5.02 Å². The van der Waals surface area contributed by atoms with Crippen LogP contribution in [-0.2, 0) is 21.4 Å². The molecule has 0 saturated heterocycles. The van der Waals surface area contributed by atoms with Crippen LogP contribution in [0.1, 0.15) is 16.7 Å².